The van der Waals surface area contributed by atoms with Crippen LogP contribution in [-0.2, 0) is 4.79 Å². The van der Waals surface area contributed by atoms with Crippen molar-refractivity contribution < 1.29 is 4.79 Å². The second-order valence-electron chi connectivity index (χ2n) is 2.50. The fraction of sp³-hybridized carbons (Fsp3) is 0.571. The van der Waals surface area contributed by atoms with E-state index in [1.54, 1.807) is 13.1 Å². The summed E-state index contributed by atoms with van der Waals surface area (Å²) in [4.78, 5) is 10.9. The molecule has 0 fully saturated rings. The summed E-state index contributed by atoms with van der Waals surface area (Å²) in [6.07, 6.45) is 1.63. The van der Waals surface area contributed by atoms with E-state index in [2.05, 4.69) is 11.9 Å². The third-order valence-electron chi connectivity index (χ3n) is 1.32. The van der Waals surface area contributed by atoms with Crippen LogP contribution in [0.4, 0.5) is 0 Å². The summed E-state index contributed by atoms with van der Waals surface area (Å²) >= 11 is 0. The molecule has 0 aromatic rings. The maximum atomic E-state index is 10.9. The lowest BCUT2D eigenvalue weighted by Gasteiger charge is -2.16. The lowest BCUT2D eigenvalue weighted by Crippen LogP contribution is -2.32. The van der Waals surface area contributed by atoms with Gasteiger partial charge in [-0.25, -0.2) is 0 Å². The van der Waals surface area contributed by atoms with Crippen molar-refractivity contribution in [1.82, 2.24) is 5.32 Å². The molecule has 52 valence electrons. The summed E-state index contributed by atoms with van der Waals surface area (Å²) in [7, 11) is 1.62. The third-order valence-corrected chi connectivity index (χ3v) is 1.32. The fourth-order valence-corrected chi connectivity index (χ4v) is 0.415. The van der Waals surface area contributed by atoms with Crippen LogP contribution in [0.3, 0.4) is 0 Å². The van der Waals surface area contributed by atoms with Crippen LogP contribution in [0.2, 0.25) is 0 Å². The van der Waals surface area contributed by atoms with Crippen molar-refractivity contribution in [2.45, 2.75) is 13.8 Å². The molecule has 9 heavy (non-hydrogen) atoms. The van der Waals surface area contributed by atoms with E-state index < -0.39 is 5.41 Å². The van der Waals surface area contributed by atoms with Gasteiger partial charge in [-0.3, -0.25) is 4.79 Å². The molecular weight excluding hydrogens is 114 g/mol. The Hall–Kier alpha value is -0.790. The molecule has 0 radical (unpaired) electrons. The molecule has 0 saturated heterocycles. The largest absolute Gasteiger partial charge is 0.358 e. The zero-order chi connectivity index (χ0) is 7.49. The first kappa shape index (κ1) is 8.21. The van der Waals surface area contributed by atoms with Crippen LogP contribution in [0.25, 0.3) is 0 Å². The van der Waals surface area contributed by atoms with E-state index in [1.807, 2.05) is 13.8 Å². The van der Waals surface area contributed by atoms with Gasteiger partial charge in [-0.1, -0.05) is 6.08 Å². The fourth-order valence-electron chi connectivity index (χ4n) is 0.415. The topological polar surface area (TPSA) is 29.1 Å². The summed E-state index contributed by atoms with van der Waals surface area (Å²) in [6, 6.07) is 0. The number of hydrogen-bond donors (Lipinski definition) is 1. The Labute approximate surface area is 56.0 Å². The SMILES string of the molecule is C=CC(C)(C)C(=O)NC. The molecular formula is C7H13NO. The van der Waals surface area contributed by atoms with E-state index in [0.717, 1.165) is 0 Å². The Morgan fingerprint density at radius 3 is 2.22 bits per heavy atom. The average molecular weight is 127 g/mol. The molecule has 0 atom stereocenters. The van der Waals surface area contributed by atoms with Crippen LogP contribution < -0.4 is 5.32 Å². The Morgan fingerprint density at radius 1 is 1.67 bits per heavy atom. The number of amides is 1. The minimum Gasteiger partial charge on any atom is -0.358 e. The quantitative estimate of drug-likeness (QED) is 0.550. The first-order valence-electron chi connectivity index (χ1n) is 2.90. The highest BCUT2D eigenvalue weighted by atomic mass is 16.2. The van der Waals surface area contributed by atoms with Gasteiger partial charge in [-0.05, 0) is 13.8 Å². The van der Waals surface area contributed by atoms with Gasteiger partial charge in [0.1, 0.15) is 0 Å². The summed E-state index contributed by atoms with van der Waals surface area (Å²) in [6.45, 7) is 7.18. The third kappa shape index (κ3) is 1.88. The van der Waals surface area contributed by atoms with E-state index in [-0.39, 0.29) is 5.91 Å². The number of carbonyl (C=O) groups excluding carboxylic acids is 1. The summed E-state index contributed by atoms with van der Waals surface area (Å²) in [5.74, 6) is -0.00231. The minimum absolute atomic E-state index is 0.00231. The monoisotopic (exact) mass is 127 g/mol. The normalized spacial score (nSPS) is 10.6. The van der Waals surface area contributed by atoms with E-state index >= 15 is 0 Å². The van der Waals surface area contributed by atoms with Crippen LogP contribution in [-0.4, -0.2) is 13.0 Å². The predicted octanol–water partition coefficient (Wildman–Crippen LogP) is 0.945. The van der Waals surface area contributed by atoms with Gasteiger partial charge in [0, 0.05) is 7.05 Å². The number of nitrogens with one attached hydrogen (secondary N) is 1. The van der Waals surface area contributed by atoms with Gasteiger partial charge in [0.15, 0.2) is 0 Å². The molecule has 0 bridgehead atoms. The van der Waals surface area contributed by atoms with E-state index in [0.29, 0.717) is 0 Å². The molecule has 0 heterocycles. The van der Waals surface area contributed by atoms with Crippen molar-refractivity contribution in [1.29, 1.82) is 0 Å². The van der Waals surface area contributed by atoms with Crippen molar-refractivity contribution in [3.8, 4) is 0 Å². The number of carbonyl (C=O) groups is 1. The molecule has 0 saturated carbocycles. The molecule has 2 nitrogen and oxygen atoms in total. The molecule has 1 amide bonds. The first-order valence-corrected chi connectivity index (χ1v) is 2.90. The highest BCUT2D eigenvalue weighted by Gasteiger charge is 2.21. The molecule has 0 aliphatic heterocycles. The van der Waals surface area contributed by atoms with Gasteiger partial charge < -0.3 is 5.32 Å². The molecule has 0 unspecified atom stereocenters. The highest BCUT2D eigenvalue weighted by Crippen LogP contribution is 2.14. The standard InChI is InChI=1S/C7H13NO/c1-5-7(2,3)6(9)8-4/h5H,1H2,2-4H3,(H,8,9). The number of hydrogen-bond acceptors (Lipinski definition) is 1. The smallest absolute Gasteiger partial charge is 0.229 e. The maximum Gasteiger partial charge on any atom is 0.229 e. The average Bonchev–Trinajstić information content (AvgIpc) is 1.86. The van der Waals surface area contributed by atoms with E-state index in [1.165, 1.54) is 0 Å². The molecule has 0 aliphatic carbocycles. The van der Waals surface area contributed by atoms with Crippen LogP contribution in [0.5, 0.6) is 0 Å². The molecule has 0 aliphatic rings. The first-order chi connectivity index (χ1) is 4.04. The Kier molecular flexibility index (Phi) is 2.43. The van der Waals surface area contributed by atoms with Crippen molar-refractivity contribution in [2.75, 3.05) is 7.05 Å². The Bertz CT molecular complexity index is 127. The van der Waals surface area contributed by atoms with E-state index in [4.69, 9.17) is 0 Å². The molecule has 0 aromatic carbocycles. The summed E-state index contributed by atoms with van der Waals surface area (Å²) in [5, 5.41) is 2.55. The molecule has 0 aromatic heterocycles. The highest BCUT2D eigenvalue weighted by molar-refractivity contribution is 5.83. The second-order valence-corrected chi connectivity index (χ2v) is 2.50. The van der Waals surface area contributed by atoms with Crippen molar-refractivity contribution >= 4 is 5.91 Å². The summed E-state index contributed by atoms with van der Waals surface area (Å²) < 4.78 is 0. The van der Waals surface area contributed by atoms with Crippen molar-refractivity contribution in [2.24, 2.45) is 5.41 Å². The molecule has 1 N–H and O–H groups in total. The lowest BCUT2D eigenvalue weighted by molar-refractivity contribution is -0.126. The lowest BCUT2D eigenvalue weighted by atomic mass is 9.93. The van der Waals surface area contributed by atoms with Crippen molar-refractivity contribution in [3.63, 3.8) is 0 Å². The van der Waals surface area contributed by atoms with E-state index in [9.17, 15) is 4.79 Å². The zero-order valence-electron chi connectivity index (χ0n) is 6.19. The minimum atomic E-state index is -0.436. The second kappa shape index (κ2) is 2.67. The van der Waals surface area contributed by atoms with Crippen molar-refractivity contribution in [3.05, 3.63) is 12.7 Å². The van der Waals surface area contributed by atoms with Crippen LogP contribution in [0, 0.1) is 5.41 Å². The van der Waals surface area contributed by atoms with Gasteiger partial charge in [0.05, 0.1) is 5.41 Å². The maximum absolute atomic E-state index is 10.9. The van der Waals surface area contributed by atoms with Gasteiger partial charge in [0.25, 0.3) is 0 Å². The van der Waals surface area contributed by atoms with Crippen LogP contribution >= 0.6 is 0 Å². The summed E-state index contributed by atoms with van der Waals surface area (Å²) in [5.41, 5.74) is -0.436. The van der Waals surface area contributed by atoms with Crippen LogP contribution in [0.1, 0.15) is 13.8 Å². The Morgan fingerprint density at radius 2 is 2.11 bits per heavy atom. The van der Waals surface area contributed by atoms with Gasteiger partial charge in [-0.15, -0.1) is 6.58 Å². The molecule has 2 heteroatoms. The van der Waals surface area contributed by atoms with Gasteiger partial charge in [0.2, 0.25) is 5.91 Å². The van der Waals surface area contributed by atoms with Gasteiger partial charge >= 0.3 is 0 Å². The van der Waals surface area contributed by atoms with Crippen LogP contribution in [0.15, 0.2) is 12.7 Å². The zero-order valence-corrected chi connectivity index (χ0v) is 6.19. The van der Waals surface area contributed by atoms with Gasteiger partial charge in [-0.2, -0.15) is 0 Å². The molecule has 0 spiro atoms. The predicted molar refractivity (Wildman–Crippen MR) is 38.0 cm³/mol. The molecule has 0 rings (SSSR count). The Balaban J connectivity index is 4.14. The number of rotatable bonds is 2.